The van der Waals surface area contributed by atoms with Gasteiger partial charge in [0, 0.05) is 0 Å². The summed E-state index contributed by atoms with van der Waals surface area (Å²) in [5, 5.41) is 8.37. The predicted octanol–water partition coefficient (Wildman–Crippen LogP) is 4.43. The minimum atomic E-state index is 0.396. The third-order valence-electron chi connectivity index (χ3n) is 4.04. The summed E-state index contributed by atoms with van der Waals surface area (Å²) in [6, 6.07) is 30.5. The number of hydrogen-bond acceptors (Lipinski definition) is 4. The summed E-state index contributed by atoms with van der Waals surface area (Å²) in [6.07, 6.45) is 0. The molecule has 0 bridgehead atoms. The largest absolute Gasteiger partial charge is 0.458 e. The Balaban J connectivity index is 1.58. The van der Waals surface area contributed by atoms with E-state index in [0.29, 0.717) is 25.2 Å². The molecule has 4 aromatic rings. The van der Waals surface area contributed by atoms with Crippen LogP contribution in [0.2, 0.25) is 0 Å². The molecule has 3 aromatic carbocycles. The van der Waals surface area contributed by atoms with E-state index in [1.807, 2.05) is 91.0 Å². The number of hydrogen-bond donors (Lipinski definition) is 0. The minimum absolute atomic E-state index is 0.396. The van der Waals surface area contributed by atoms with Gasteiger partial charge in [0.25, 0.3) is 0 Å². The van der Waals surface area contributed by atoms with Crippen molar-refractivity contribution in [1.29, 1.82) is 0 Å². The molecule has 0 amide bonds. The monoisotopic (exact) mass is 357 g/mol. The Morgan fingerprint density at radius 1 is 0.556 bits per heavy atom. The van der Waals surface area contributed by atoms with Gasteiger partial charge in [0.05, 0.1) is 5.69 Å². The van der Waals surface area contributed by atoms with Crippen LogP contribution in [0.1, 0.15) is 11.1 Å². The third-order valence-corrected chi connectivity index (χ3v) is 4.04. The van der Waals surface area contributed by atoms with Crippen LogP contribution < -0.4 is 9.47 Å². The summed E-state index contributed by atoms with van der Waals surface area (Å²) in [5.41, 5.74) is 3.01. The van der Waals surface area contributed by atoms with E-state index in [1.165, 1.54) is 0 Å². The molecular weight excluding hydrogens is 338 g/mol. The van der Waals surface area contributed by atoms with Crippen LogP contribution in [0.25, 0.3) is 5.69 Å². The van der Waals surface area contributed by atoms with E-state index in [2.05, 4.69) is 10.2 Å². The van der Waals surface area contributed by atoms with Gasteiger partial charge in [0.1, 0.15) is 13.2 Å². The van der Waals surface area contributed by atoms with Crippen molar-refractivity contribution in [3.63, 3.8) is 0 Å². The molecule has 0 N–H and O–H groups in total. The molecular formula is C22H19N3O2. The molecule has 1 aromatic heterocycles. The van der Waals surface area contributed by atoms with Crippen LogP contribution in [0.15, 0.2) is 91.0 Å². The van der Waals surface area contributed by atoms with Crippen LogP contribution in [0, 0.1) is 0 Å². The van der Waals surface area contributed by atoms with Gasteiger partial charge in [-0.15, -0.1) is 0 Å². The lowest BCUT2D eigenvalue weighted by atomic mass is 10.2. The van der Waals surface area contributed by atoms with Gasteiger partial charge in [-0.25, -0.2) is 4.57 Å². The summed E-state index contributed by atoms with van der Waals surface area (Å²) in [6.45, 7) is 0.814. The number of ether oxygens (including phenoxy) is 2. The van der Waals surface area contributed by atoms with Crippen molar-refractivity contribution in [2.75, 3.05) is 0 Å². The maximum atomic E-state index is 5.92. The van der Waals surface area contributed by atoms with E-state index in [-0.39, 0.29) is 0 Å². The molecule has 0 radical (unpaired) electrons. The molecule has 0 saturated heterocycles. The Labute approximate surface area is 157 Å². The van der Waals surface area contributed by atoms with Crippen LogP contribution in [-0.2, 0) is 13.2 Å². The lowest BCUT2D eigenvalue weighted by Crippen LogP contribution is -2.06. The lowest BCUT2D eigenvalue weighted by molar-refractivity contribution is 0.256. The molecule has 27 heavy (non-hydrogen) atoms. The lowest BCUT2D eigenvalue weighted by Gasteiger charge is -2.11. The van der Waals surface area contributed by atoms with Crippen LogP contribution >= 0.6 is 0 Å². The molecule has 0 saturated carbocycles. The van der Waals surface area contributed by atoms with E-state index in [4.69, 9.17) is 9.47 Å². The first kappa shape index (κ1) is 16.8. The molecule has 0 spiro atoms. The molecule has 0 aliphatic carbocycles. The van der Waals surface area contributed by atoms with E-state index >= 15 is 0 Å². The van der Waals surface area contributed by atoms with Gasteiger partial charge in [0.15, 0.2) is 0 Å². The fourth-order valence-electron chi connectivity index (χ4n) is 2.69. The molecule has 0 unspecified atom stereocenters. The van der Waals surface area contributed by atoms with E-state index in [1.54, 1.807) is 4.57 Å². The fraction of sp³-hybridized carbons (Fsp3) is 0.0909. The molecule has 0 aliphatic rings. The highest BCUT2D eigenvalue weighted by atomic mass is 16.5. The fourth-order valence-corrected chi connectivity index (χ4v) is 2.69. The van der Waals surface area contributed by atoms with E-state index in [0.717, 1.165) is 16.8 Å². The maximum absolute atomic E-state index is 5.92. The smallest absolute Gasteiger partial charge is 0.324 e. The summed E-state index contributed by atoms with van der Waals surface area (Å²) >= 11 is 0. The number of para-hydroxylation sites is 1. The second kappa shape index (κ2) is 8.19. The SMILES string of the molecule is c1ccc(COc2nnc(OCc3ccccc3)n2-c2ccccc2)cc1. The first-order valence-corrected chi connectivity index (χ1v) is 8.74. The van der Waals surface area contributed by atoms with Crippen molar-refractivity contribution in [3.05, 3.63) is 102 Å². The Hall–Kier alpha value is -3.60. The van der Waals surface area contributed by atoms with Crippen molar-refractivity contribution < 1.29 is 9.47 Å². The van der Waals surface area contributed by atoms with Gasteiger partial charge < -0.3 is 9.47 Å². The Morgan fingerprint density at radius 3 is 1.41 bits per heavy atom. The van der Waals surface area contributed by atoms with Gasteiger partial charge in [-0.3, -0.25) is 0 Å². The Morgan fingerprint density at radius 2 is 0.963 bits per heavy atom. The Bertz CT molecular complexity index is 909. The standard InChI is InChI=1S/C22H19N3O2/c1-4-10-18(11-5-1)16-26-21-23-24-22(25(21)20-14-8-3-9-15-20)27-17-19-12-6-2-7-13-19/h1-15H,16-17H2. The van der Waals surface area contributed by atoms with Crippen molar-refractivity contribution in [3.8, 4) is 17.7 Å². The molecule has 4 rings (SSSR count). The maximum Gasteiger partial charge on any atom is 0.324 e. The Kier molecular flexibility index (Phi) is 5.11. The number of benzene rings is 3. The zero-order valence-electron chi connectivity index (χ0n) is 14.7. The highest BCUT2D eigenvalue weighted by Crippen LogP contribution is 2.24. The number of nitrogens with zero attached hydrogens (tertiary/aromatic N) is 3. The van der Waals surface area contributed by atoms with E-state index in [9.17, 15) is 0 Å². The minimum Gasteiger partial charge on any atom is -0.458 e. The van der Waals surface area contributed by atoms with Crippen molar-refractivity contribution in [1.82, 2.24) is 14.8 Å². The summed E-state index contributed by atoms with van der Waals surface area (Å²) in [4.78, 5) is 0. The second-order valence-corrected chi connectivity index (χ2v) is 5.98. The third kappa shape index (κ3) is 4.15. The highest BCUT2D eigenvalue weighted by Gasteiger charge is 2.16. The molecule has 5 heteroatoms. The molecule has 0 aliphatic heterocycles. The number of rotatable bonds is 7. The van der Waals surface area contributed by atoms with Gasteiger partial charge in [0.2, 0.25) is 0 Å². The molecule has 0 fully saturated rings. The van der Waals surface area contributed by atoms with E-state index < -0.39 is 0 Å². The first-order chi connectivity index (χ1) is 13.4. The van der Waals surface area contributed by atoms with Gasteiger partial charge >= 0.3 is 12.0 Å². The zero-order chi connectivity index (χ0) is 18.3. The molecule has 134 valence electrons. The summed E-state index contributed by atoms with van der Waals surface area (Å²) in [5.74, 6) is 0. The average molecular weight is 357 g/mol. The van der Waals surface area contributed by atoms with Crippen LogP contribution in [0.3, 0.4) is 0 Å². The van der Waals surface area contributed by atoms with Gasteiger partial charge in [-0.1, -0.05) is 89.1 Å². The van der Waals surface area contributed by atoms with Crippen molar-refractivity contribution >= 4 is 0 Å². The zero-order valence-corrected chi connectivity index (χ0v) is 14.7. The normalized spacial score (nSPS) is 10.5. The molecule has 0 atom stereocenters. The topological polar surface area (TPSA) is 49.2 Å². The van der Waals surface area contributed by atoms with Crippen LogP contribution in [-0.4, -0.2) is 14.8 Å². The molecule has 1 heterocycles. The second-order valence-electron chi connectivity index (χ2n) is 5.98. The predicted molar refractivity (Wildman–Crippen MR) is 103 cm³/mol. The van der Waals surface area contributed by atoms with Gasteiger partial charge in [-0.05, 0) is 23.3 Å². The first-order valence-electron chi connectivity index (χ1n) is 8.74. The number of aromatic nitrogens is 3. The highest BCUT2D eigenvalue weighted by molar-refractivity contribution is 5.37. The van der Waals surface area contributed by atoms with Gasteiger partial charge in [-0.2, -0.15) is 0 Å². The summed E-state index contributed by atoms with van der Waals surface area (Å²) < 4.78 is 13.6. The van der Waals surface area contributed by atoms with Crippen LogP contribution in [0.4, 0.5) is 0 Å². The quantitative estimate of drug-likeness (QED) is 0.491. The molecule has 5 nitrogen and oxygen atoms in total. The van der Waals surface area contributed by atoms with Crippen molar-refractivity contribution in [2.24, 2.45) is 0 Å². The van der Waals surface area contributed by atoms with Crippen LogP contribution in [0.5, 0.6) is 12.0 Å². The summed E-state index contributed by atoms with van der Waals surface area (Å²) in [7, 11) is 0. The van der Waals surface area contributed by atoms with Crippen molar-refractivity contribution in [2.45, 2.75) is 13.2 Å². The average Bonchev–Trinajstić information content (AvgIpc) is 3.16.